The third-order valence-electron chi connectivity index (χ3n) is 1.18. The Bertz CT molecular complexity index is 200. The van der Waals surface area contributed by atoms with Gasteiger partial charge >= 0.3 is 0 Å². The topological polar surface area (TPSA) is 25.8 Å². The van der Waals surface area contributed by atoms with Crippen LogP contribution in [0.3, 0.4) is 0 Å². The molecule has 0 N–H and O–H groups in total. The SMILES string of the molecule is CPc1cncnc1C. The number of aromatic nitrogens is 2. The van der Waals surface area contributed by atoms with Crippen LogP contribution in [0.25, 0.3) is 0 Å². The minimum atomic E-state index is 0.804. The lowest BCUT2D eigenvalue weighted by Crippen LogP contribution is -2.02. The minimum absolute atomic E-state index is 0.804. The van der Waals surface area contributed by atoms with E-state index in [0.717, 1.165) is 14.3 Å². The number of hydrogen-bond donors (Lipinski definition) is 0. The third-order valence-corrected chi connectivity index (χ3v) is 2.21. The van der Waals surface area contributed by atoms with Gasteiger partial charge in [0.15, 0.2) is 0 Å². The summed E-state index contributed by atoms with van der Waals surface area (Å²) in [5, 5.41) is 1.26. The summed E-state index contributed by atoms with van der Waals surface area (Å²) >= 11 is 0. The van der Waals surface area contributed by atoms with E-state index in [1.54, 1.807) is 6.33 Å². The molecule has 1 atom stereocenters. The summed E-state index contributed by atoms with van der Waals surface area (Å²) in [6, 6.07) is 0. The molecule has 1 heterocycles. The second kappa shape index (κ2) is 2.88. The van der Waals surface area contributed by atoms with Crippen LogP contribution in [0.1, 0.15) is 5.69 Å². The van der Waals surface area contributed by atoms with Crippen molar-refractivity contribution in [3.8, 4) is 0 Å². The molecule has 0 fully saturated rings. The fourth-order valence-corrected chi connectivity index (χ4v) is 1.27. The van der Waals surface area contributed by atoms with E-state index >= 15 is 0 Å². The van der Waals surface area contributed by atoms with Crippen LogP contribution in [-0.2, 0) is 0 Å². The van der Waals surface area contributed by atoms with Crippen LogP contribution in [0, 0.1) is 6.92 Å². The van der Waals surface area contributed by atoms with E-state index < -0.39 is 0 Å². The van der Waals surface area contributed by atoms with Crippen molar-refractivity contribution >= 4 is 13.9 Å². The summed E-state index contributed by atoms with van der Waals surface area (Å²) in [5.74, 6) is 0. The Balaban J connectivity index is 3.01. The number of aryl methyl sites for hydroxylation is 1. The number of rotatable bonds is 1. The number of hydrogen-bond acceptors (Lipinski definition) is 2. The Morgan fingerprint density at radius 2 is 2.33 bits per heavy atom. The highest BCUT2D eigenvalue weighted by molar-refractivity contribution is 7.46. The Morgan fingerprint density at radius 1 is 1.56 bits per heavy atom. The summed E-state index contributed by atoms with van der Waals surface area (Å²) < 4.78 is 0. The molecule has 0 aromatic carbocycles. The molecule has 0 saturated carbocycles. The smallest absolute Gasteiger partial charge is 0.115 e. The van der Waals surface area contributed by atoms with E-state index in [1.807, 2.05) is 13.1 Å². The van der Waals surface area contributed by atoms with Crippen LogP contribution >= 0.6 is 8.58 Å². The van der Waals surface area contributed by atoms with Crippen molar-refractivity contribution in [1.29, 1.82) is 0 Å². The zero-order valence-electron chi connectivity index (χ0n) is 5.55. The van der Waals surface area contributed by atoms with Gasteiger partial charge in [-0.05, 0) is 13.6 Å². The average molecular weight is 140 g/mol. The normalized spacial score (nSPS) is 10.9. The summed E-state index contributed by atoms with van der Waals surface area (Å²) in [7, 11) is 0.804. The van der Waals surface area contributed by atoms with Gasteiger partial charge in [0.1, 0.15) is 6.33 Å². The molecule has 0 amide bonds. The lowest BCUT2D eigenvalue weighted by molar-refractivity contribution is 1.12. The van der Waals surface area contributed by atoms with Crippen LogP contribution in [0.2, 0.25) is 0 Å². The quantitative estimate of drug-likeness (QED) is 0.537. The zero-order chi connectivity index (χ0) is 6.69. The molecule has 1 aromatic rings. The molecule has 3 heteroatoms. The maximum absolute atomic E-state index is 4.05. The molecule has 0 aliphatic rings. The highest BCUT2D eigenvalue weighted by Gasteiger charge is 1.92. The van der Waals surface area contributed by atoms with Gasteiger partial charge in [-0.25, -0.2) is 9.97 Å². The third kappa shape index (κ3) is 1.46. The van der Waals surface area contributed by atoms with E-state index in [9.17, 15) is 0 Å². The van der Waals surface area contributed by atoms with Gasteiger partial charge in [-0.2, -0.15) is 0 Å². The van der Waals surface area contributed by atoms with Crippen LogP contribution in [0.15, 0.2) is 12.5 Å². The van der Waals surface area contributed by atoms with Crippen LogP contribution < -0.4 is 5.30 Å². The Kier molecular flexibility index (Phi) is 2.12. The van der Waals surface area contributed by atoms with E-state index in [-0.39, 0.29) is 0 Å². The summed E-state index contributed by atoms with van der Waals surface area (Å²) in [5.41, 5.74) is 1.10. The first-order valence-electron chi connectivity index (χ1n) is 2.79. The van der Waals surface area contributed by atoms with Gasteiger partial charge in [0, 0.05) is 17.2 Å². The maximum Gasteiger partial charge on any atom is 0.115 e. The van der Waals surface area contributed by atoms with E-state index in [1.165, 1.54) is 5.30 Å². The summed E-state index contributed by atoms with van der Waals surface area (Å²) in [4.78, 5) is 7.96. The van der Waals surface area contributed by atoms with Crippen molar-refractivity contribution < 1.29 is 0 Å². The lowest BCUT2D eigenvalue weighted by atomic mass is 10.5. The lowest BCUT2D eigenvalue weighted by Gasteiger charge is -1.96. The molecule has 48 valence electrons. The predicted molar refractivity (Wildman–Crippen MR) is 40.6 cm³/mol. The fourth-order valence-electron chi connectivity index (χ4n) is 0.636. The molecule has 2 nitrogen and oxygen atoms in total. The molecular formula is C6H9N2P. The summed E-state index contributed by atoms with van der Waals surface area (Å²) in [6.07, 6.45) is 3.46. The largest absolute Gasteiger partial charge is 0.244 e. The summed E-state index contributed by atoms with van der Waals surface area (Å²) in [6.45, 7) is 4.14. The van der Waals surface area contributed by atoms with Gasteiger partial charge in [-0.15, -0.1) is 0 Å². The van der Waals surface area contributed by atoms with Gasteiger partial charge in [-0.1, -0.05) is 8.58 Å². The Labute approximate surface area is 56.5 Å². The Hall–Kier alpha value is -0.490. The maximum atomic E-state index is 4.05. The van der Waals surface area contributed by atoms with E-state index in [2.05, 4.69) is 16.6 Å². The molecule has 0 bridgehead atoms. The molecule has 0 aliphatic heterocycles. The van der Waals surface area contributed by atoms with Gasteiger partial charge in [0.2, 0.25) is 0 Å². The number of nitrogens with zero attached hydrogens (tertiary/aromatic N) is 2. The van der Waals surface area contributed by atoms with Crippen LogP contribution in [0.4, 0.5) is 0 Å². The van der Waals surface area contributed by atoms with Crippen molar-refractivity contribution in [3.05, 3.63) is 18.2 Å². The van der Waals surface area contributed by atoms with Crippen molar-refractivity contribution in [3.63, 3.8) is 0 Å². The molecule has 1 unspecified atom stereocenters. The second-order valence-corrected chi connectivity index (χ2v) is 2.81. The van der Waals surface area contributed by atoms with Crippen molar-refractivity contribution in [2.75, 3.05) is 6.66 Å². The molecular weight excluding hydrogens is 131 g/mol. The van der Waals surface area contributed by atoms with Gasteiger partial charge in [-0.3, -0.25) is 0 Å². The standard InChI is InChI=1S/C6H9N2P/c1-5-6(9-2)3-7-4-8-5/h3-4,9H,1-2H3. The monoisotopic (exact) mass is 140 g/mol. The zero-order valence-corrected chi connectivity index (χ0v) is 6.55. The predicted octanol–water partition coefficient (Wildman–Crippen LogP) is 0.719. The molecule has 0 saturated heterocycles. The average Bonchev–Trinajstić information content (AvgIpc) is 1.89. The molecule has 0 aliphatic carbocycles. The fraction of sp³-hybridized carbons (Fsp3) is 0.333. The van der Waals surface area contributed by atoms with Gasteiger partial charge in [0.05, 0.1) is 0 Å². The van der Waals surface area contributed by atoms with Crippen LogP contribution in [0.5, 0.6) is 0 Å². The van der Waals surface area contributed by atoms with E-state index in [4.69, 9.17) is 0 Å². The molecule has 1 aromatic heterocycles. The molecule has 0 radical (unpaired) electrons. The van der Waals surface area contributed by atoms with E-state index in [0.29, 0.717) is 0 Å². The Morgan fingerprint density at radius 3 is 2.78 bits per heavy atom. The first kappa shape index (κ1) is 6.63. The highest BCUT2D eigenvalue weighted by Crippen LogP contribution is 2.02. The van der Waals surface area contributed by atoms with Crippen molar-refractivity contribution in [1.82, 2.24) is 9.97 Å². The molecule has 1 rings (SSSR count). The molecule has 0 spiro atoms. The van der Waals surface area contributed by atoms with Gasteiger partial charge in [0.25, 0.3) is 0 Å². The first-order chi connectivity index (χ1) is 4.34. The molecule has 9 heavy (non-hydrogen) atoms. The minimum Gasteiger partial charge on any atom is -0.244 e. The second-order valence-electron chi connectivity index (χ2n) is 1.77. The highest BCUT2D eigenvalue weighted by atomic mass is 31.1. The van der Waals surface area contributed by atoms with Crippen molar-refractivity contribution in [2.24, 2.45) is 0 Å². The van der Waals surface area contributed by atoms with Crippen molar-refractivity contribution in [2.45, 2.75) is 6.92 Å². The first-order valence-corrected chi connectivity index (χ1v) is 4.29. The van der Waals surface area contributed by atoms with Gasteiger partial charge < -0.3 is 0 Å². The van der Waals surface area contributed by atoms with Crippen LogP contribution in [-0.4, -0.2) is 16.6 Å².